The van der Waals surface area contributed by atoms with Crippen molar-refractivity contribution < 1.29 is 16.8 Å². The summed E-state index contributed by atoms with van der Waals surface area (Å²) in [5, 5.41) is 3.80. The van der Waals surface area contributed by atoms with Crippen LogP contribution in [-0.2, 0) is 26.9 Å². The Kier molecular flexibility index (Phi) is 3.15. The van der Waals surface area contributed by atoms with Crippen molar-refractivity contribution in [3.63, 3.8) is 0 Å². The van der Waals surface area contributed by atoms with Crippen LogP contribution in [0.3, 0.4) is 0 Å². The molecule has 0 bridgehead atoms. The molecule has 0 fully saturated rings. The van der Waals surface area contributed by atoms with Gasteiger partial charge in [0.2, 0.25) is 0 Å². The van der Waals surface area contributed by atoms with E-state index in [1.54, 1.807) is 18.2 Å². The van der Waals surface area contributed by atoms with Crippen molar-refractivity contribution in [1.29, 1.82) is 0 Å². The summed E-state index contributed by atoms with van der Waals surface area (Å²) in [6.45, 7) is 0. The van der Waals surface area contributed by atoms with Gasteiger partial charge in [0.05, 0.1) is 22.9 Å². The summed E-state index contributed by atoms with van der Waals surface area (Å²) < 4.78 is 52.4. The highest BCUT2D eigenvalue weighted by Crippen LogP contribution is 2.33. The highest BCUT2D eigenvalue weighted by Gasteiger charge is 2.37. The van der Waals surface area contributed by atoms with Gasteiger partial charge in [-0.15, -0.1) is 0 Å². The molecule has 0 spiro atoms. The number of hydrogen-bond donors (Lipinski definition) is 1. The van der Waals surface area contributed by atoms with Crippen molar-refractivity contribution in [2.24, 2.45) is 7.05 Å². The summed E-state index contributed by atoms with van der Waals surface area (Å²) in [6, 6.07) is 6.99. The molecule has 9 heteroatoms. The van der Waals surface area contributed by atoms with Crippen molar-refractivity contribution in [1.82, 2.24) is 14.5 Å². The molecule has 7 nitrogen and oxygen atoms in total. The van der Waals surface area contributed by atoms with Gasteiger partial charge in [0.15, 0.2) is 14.9 Å². The van der Waals surface area contributed by atoms with Crippen molar-refractivity contribution in [3.05, 3.63) is 42.1 Å². The number of fused-ring (bicyclic) bond motifs is 1. The Morgan fingerprint density at radius 2 is 2.00 bits per heavy atom. The predicted molar refractivity (Wildman–Crippen MR) is 74.8 cm³/mol. The van der Waals surface area contributed by atoms with E-state index in [1.165, 1.54) is 30.1 Å². The molecule has 2 heterocycles. The third kappa shape index (κ3) is 2.37. The van der Waals surface area contributed by atoms with Gasteiger partial charge in [0.25, 0.3) is 10.0 Å². The Balaban J connectivity index is 2.00. The predicted octanol–water partition coefficient (Wildman–Crippen LogP) is 0.227. The monoisotopic (exact) mass is 327 g/mol. The van der Waals surface area contributed by atoms with Gasteiger partial charge in [0, 0.05) is 7.05 Å². The summed E-state index contributed by atoms with van der Waals surface area (Å²) in [6.07, 6.45) is 1.37. The van der Waals surface area contributed by atoms with E-state index in [-0.39, 0.29) is 15.7 Å². The molecule has 0 amide bonds. The van der Waals surface area contributed by atoms with Crippen LogP contribution in [0.1, 0.15) is 11.6 Å². The fourth-order valence-electron chi connectivity index (χ4n) is 2.42. The molecule has 1 atom stereocenters. The van der Waals surface area contributed by atoms with E-state index in [4.69, 9.17) is 0 Å². The number of nitrogens with zero attached hydrogens (tertiary/aromatic N) is 2. The molecule has 0 saturated carbocycles. The lowest BCUT2D eigenvalue weighted by Crippen LogP contribution is -2.31. The van der Waals surface area contributed by atoms with Crippen LogP contribution in [0.15, 0.2) is 46.5 Å². The van der Waals surface area contributed by atoms with Crippen LogP contribution in [0, 0.1) is 0 Å². The summed E-state index contributed by atoms with van der Waals surface area (Å²) in [7, 11) is -5.79. The Morgan fingerprint density at radius 3 is 2.67 bits per heavy atom. The van der Waals surface area contributed by atoms with Crippen molar-refractivity contribution in [2.45, 2.75) is 16.0 Å². The number of sulfonamides is 1. The fraction of sp³-hybridized carbons (Fsp3) is 0.250. The van der Waals surface area contributed by atoms with Gasteiger partial charge >= 0.3 is 0 Å². The van der Waals surface area contributed by atoms with Crippen LogP contribution in [-0.4, -0.2) is 32.4 Å². The second-order valence-corrected chi connectivity index (χ2v) is 8.45. The quantitative estimate of drug-likeness (QED) is 0.870. The zero-order valence-electron chi connectivity index (χ0n) is 11.1. The summed E-state index contributed by atoms with van der Waals surface area (Å²) in [5.41, 5.74) is 0.475. The minimum atomic E-state index is -3.84. The van der Waals surface area contributed by atoms with Gasteiger partial charge in [0.1, 0.15) is 0 Å². The van der Waals surface area contributed by atoms with E-state index in [2.05, 4.69) is 9.82 Å². The maximum absolute atomic E-state index is 12.3. The molecule has 0 saturated heterocycles. The Morgan fingerprint density at radius 1 is 1.29 bits per heavy atom. The van der Waals surface area contributed by atoms with Crippen molar-refractivity contribution in [3.8, 4) is 0 Å². The number of aromatic nitrogens is 2. The van der Waals surface area contributed by atoms with E-state index in [1.807, 2.05) is 0 Å². The maximum atomic E-state index is 12.3. The maximum Gasteiger partial charge on any atom is 0.258 e. The van der Waals surface area contributed by atoms with Crippen molar-refractivity contribution in [2.75, 3.05) is 5.75 Å². The minimum Gasteiger partial charge on any atom is -0.256 e. The van der Waals surface area contributed by atoms with Crippen LogP contribution >= 0.6 is 0 Å². The highest BCUT2D eigenvalue weighted by molar-refractivity contribution is 7.92. The topological polar surface area (TPSA) is 98.1 Å². The molecule has 112 valence electrons. The first-order chi connectivity index (χ1) is 9.81. The molecule has 0 radical (unpaired) electrons. The molecule has 21 heavy (non-hydrogen) atoms. The van der Waals surface area contributed by atoms with Crippen LogP contribution in [0.2, 0.25) is 0 Å². The summed E-state index contributed by atoms with van der Waals surface area (Å²) in [5.74, 6) is -0.274. The molecule has 1 aliphatic heterocycles. The van der Waals surface area contributed by atoms with Crippen LogP contribution in [0.5, 0.6) is 0 Å². The molecular weight excluding hydrogens is 314 g/mol. The van der Waals surface area contributed by atoms with E-state index >= 15 is 0 Å². The zero-order chi connectivity index (χ0) is 15.3. The first kappa shape index (κ1) is 14.2. The Bertz CT molecular complexity index is 900. The standard InChI is InChI=1S/C12H13N3O4S2/c1-15-12(6-7-13-15)21(18,19)14-10-8-20(16,17)11-5-3-2-4-9(10)11/h2-7,10,14H,8H2,1H3. The van der Waals surface area contributed by atoms with Gasteiger partial charge in [-0.3, -0.25) is 4.68 Å². The first-order valence-electron chi connectivity index (χ1n) is 6.13. The number of aryl methyl sites for hydroxylation is 1. The number of nitrogens with one attached hydrogen (secondary N) is 1. The van der Waals surface area contributed by atoms with Gasteiger partial charge in [-0.25, -0.2) is 21.6 Å². The lowest BCUT2D eigenvalue weighted by molar-refractivity contribution is 0.550. The van der Waals surface area contributed by atoms with E-state index in [0.29, 0.717) is 5.56 Å². The average molecular weight is 327 g/mol. The number of benzene rings is 1. The largest absolute Gasteiger partial charge is 0.258 e. The van der Waals surface area contributed by atoms with Crippen LogP contribution in [0.25, 0.3) is 0 Å². The summed E-state index contributed by atoms with van der Waals surface area (Å²) in [4.78, 5) is 0.183. The normalized spacial score (nSPS) is 20.3. The third-order valence-electron chi connectivity index (χ3n) is 3.36. The lowest BCUT2D eigenvalue weighted by Gasteiger charge is -2.13. The summed E-state index contributed by atoms with van der Waals surface area (Å²) >= 11 is 0. The van der Waals surface area contributed by atoms with Crippen LogP contribution < -0.4 is 4.72 Å². The number of hydrogen-bond acceptors (Lipinski definition) is 5. The second kappa shape index (κ2) is 4.65. The first-order valence-corrected chi connectivity index (χ1v) is 9.27. The molecule has 2 aromatic rings. The molecule has 1 aliphatic rings. The molecule has 1 N–H and O–H groups in total. The van der Waals surface area contributed by atoms with Crippen molar-refractivity contribution >= 4 is 19.9 Å². The van der Waals surface area contributed by atoms with E-state index < -0.39 is 25.9 Å². The fourth-order valence-corrected chi connectivity index (χ4v) is 5.60. The number of rotatable bonds is 3. The van der Waals surface area contributed by atoms with Crippen LogP contribution in [0.4, 0.5) is 0 Å². The second-order valence-electron chi connectivity index (χ2n) is 4.79. The molecule has 1 unspecified atom stereocenters. The molecule has 0 aliphatic carbocycles. The molecule has 1 aromatic heterocycles. The highest BCUT2D eigenvalue weighted by atomic mass is 32.2. The van der Waals surface area contributed by atoms with Gasteiger partial charge in [-0.05, 0) is 17.7 Å². The number of sulfone groups is 1. The van der Waals surface area contributed by atoms with Gasteiger partial charge < -0.3 is 0 Å². The van der Waals surface area contributed by atoms with E-state index in [9.17, 15) is 16.8 Å². The SMILES string of the molecule is Cn1nccc1S(=O)(=O)NC1CS(=O)(=O)c2ccccc21. The smallest absolute Gasteiger partial charge is 0.256 e. The Hall–Kier alpha value is -1.71. The zero-order valence-corrected chi connectivity index (χ0v) is 12.7. The molecule has 1 aromatic carbocycles. The minimum absolute atomic E-state index is 0.00993. The average Bonchev–Trinajstić information content (AvgIpc) is 2.93. The van der Waals surface area contributed by atoms with E-state index in [0.717, 1.165) is 0 Å². The Labute approximate surface area is 122 Å². The molecule has 3 rings (SSSR count). The van der Waals surface area contributed by atoms with Gasteiger partial charge in [-0.2, -0.15) is 5.10 Å². The molecular formula is C12H13N3O4S2. The van der Waals surface area contributed by atoms with Gasteiger partial charge in [-0.1, -0.05) is 18.2 Å². The third-order valence-corrected chi connectivity index (χ3v) is 6.72. The lowest BCUT2D eigenvalue weighted by atomic mass is 10.1.